The van der Waals surface area contributed by atoms with Crippen molar-refractivity contribution in [2.75, 3.05) is 7.05 Å². The largest absolute Gasteiger partial charge is 0.288 e. The van der Waals surface area contributed by atoms with Crippen molar-refractivity contribution in [1.29, 1.82) is 0 Å². The third kappa shape index (κ3) is 4.94. The van der Waals surface area contributed by atoms with E-state index in [4.69, 9.17) is 0 Å². The predicted octanol–water partition coefficient (Wildman–Crippen LogP) is 11.8. The summed E-state index contributed by atoms with van der Waals surface area (Å²) in [5, 5.41) is 0. The van der Waals surface area contributed by atoms with E-state index in [1.807, 2.05) is 13.1 Å². The van der Waals surface area contributed by atoms with Gasteiger partial charge >= 0.3 is 0 Å². The van der Waals surface area contributed by atoms with Crippen LogP contribution >= 0.6 is 0 Å². The first-order valence-corrected chi connectivity index (χ1v) is 17.1. The SMILES string of the molecule is C=N/C(=C\C(=NC)c1ccc(-c2ccc3c(c2)C(C)(C)c2ccccc2-3)cc1)c1ccc(-c2ccc3c(c2)C(C)(C)c2ccccc2-3)cc1. The summed E-state index contributed by atoms with van der Waals surface area (Å²) in [5.74, 6) is 0. The Bertz CT molecular complexity index is 2330. The lowest BCUT2D eigenvalue weighted by Crippen LogP contribution is -2.14. The molecule has 2 aliphatic rings. The Kier molecular flexibility index (Phi) is 7.23. The number of rotatable bonds is 6. The normalized spacial score (nSPS) is 15.3. The molecule has 6 aromatic rings. The third-order valence-corrected chi connectivity index (χ3v) is 10.9. The maximum atomic E-state index is 4.64. The van der Waals surface area contributed by atoms with E-state index in [1.54, 1.807) is 0 Å². The second-order valence-corrected chi connectivity index (χ2v) is 14.3. The molecule has 0 aliphatic heterocycles. The zero-order chi connectivity index (χ0) is 33.9. The molecule has 0 aromatic heterocycles. The van der Waals surface area contributed by atoms with Gasteiger partial charge in [0, 0.05) is 23.4 Å². The van der Waals surface area contributed by atoms with Crippen LogP contribution in [0.1, 0.15) is 61.1 Å². The van der Waals surface area contributed by atoms with Crippen molar-refractivity contribution in [3.8, 4) is 44.5 Å². The topological polar surface area (TPSA) is 24.7 Å². The molecule has 6 aromatic carbocycles. The van der Waals surface area contributed by atoms with E-state index in [0.29, 0.717) is 0 Å². The van der Waals surface area contributed by atoms with E-state index in [2.05, 4.69) is 178 Å². The lowest BCUT2D eigenvalue weighted by Gasteiger charge is -2.22. The van der Waals surface area contributed by atoms with Gasteiger partial charge in [-0.15, -0.1) is 0 Å². The molecule has 0 spiro atoms. The summed E-state index contributed by atoms with van der Waals surface area (Å²) in [6.07, 6.45) is 2.03. The zero-order valence-electron chi connectivity index (χ0n) is 28.9. The standard InChI is InChI=1S/C47H40N2/c1-46(2)40-13-9-7-11-36(40)38-25-23-34(27-42(38)46)30-15-19-32(20-16-30)44(48-5)29-45(49-6)33-21-17-31(18-22-33)35-24-26-39-37-12-8-10-14-41(37)47(3,4)43(39)28-35/h7-29H,5H2,1-4,6H3/b44-29-,49-45?. The molecule has 0 unspecified atom stereocenters. The molecule has 0 N–H and O–H groups in total. The predicted molar refractivity (Wildman–Crippen MR) is 209 cm³/mol. The van der Waals surface area contributed by atoms with Gasteiger partial charge in [0.05, 0.1) is 11.4 Å². The molecule has 49 heavy (non-hydrogen) atoms. The maximum absolute atomic E-state index is 4.64. The van der Waals surface area contributed by atoms with Gasteiger partial charge in [0.15, 0.2) is 0 Å². The second kappa shape index (κ2) is 11.5. The first kappa shape index (κ1) is 30.7. The van der Waals surface area contributed by atoms with Gasteiger partial charge in [0.2, 0.25) is 0 Å². The van der Waals surface area contributed by atoms with Crippen molar-refractivity contribution < 1.29 is 0 Å². The van der Waals surface area contributed by atoms with E-state index in [-0.39, 0.29) is 10.8 Å². The molecule has 2 heteroatoms. The molecular formula is C47H40N2. The fourth-order valence-electron chi connectivity index (χ4n) is 8.06. The number of fused-ring (bicyclic) bond motifs is 6. The molecule has 0 amide bonds. The van der Waals surface area contributed by atoms with Crippen molar-refractivity contribution in [3.63, 3.8) is 0 Å². The van der Waals surface area contributed by atoms with Gasteiger partial charge in [-0.1, -0.05) is 149 Å². The Morgan fingerprint density at radius 3 is 1.35 bits per heavy atom. The lowest BCUT2D eigenvalue weighted by molar-refractivity contribution is 0.660. The van der Waals surface area contributed by atoms with Crippen molar-refractivity contribution in [2.24, 2.45) is 9.98 Å². The van der Waals surface area contributed by atoms with Crippen molar-refractivity contribution in [3.05, 3.63) is 173 Å². The van der Waals surface area contributed by atoms with Crippen LogP contribution in [0.2, 0.25) is 0 Å². The number of hydrogen-bond donors (Lipinski definition) is 0. The van der Waals surface area contributed by atoms with Gasteiger partial charge in [-0.3, -0.25) is 9.98 Å². The van der Waals surface area contributed by atoms with Gasteiger partial charge in [0.25, 0.3) is 0 Å². The van der Waals surface area contributed by atoms with Gasteiger partial charge < -0.3 is 0 Å². The van der Waals surface area contributed by atoms with Crippen LogP contribution in [0.15, 0.2) is 150 Å². The smallest absolute Gasteiger partial charge is 0.0716 e. The van der Waals surface area contributed by atoms with Crippen molar-refractivity contribution >= 4 is 18.1 Å². The summed E-state index contributed by atoms with van der Waals surface area (Å²) >= 11 is 0. The summed E-state index contributed by atoms with van der Waals surface area (Å²) in [5.41, 5.74) is 19.4. The first-order valence-electron chi connectivity index (χ1n) is 17.1. The molecule has 2 nitrogen and oxygen atoms in total. The Balaban J connectivity index is 1.04. The molecule has 0 fully saturated rings. The molecule has 238 valence electrons. The molecule has 2 aliphatic carbocycles. The van der Waals surface area contributed by atoms with Gasteiger partial charge in [-0.05, 0) is 97.3 Å². The number of allylic oxidation sites excluding steroid dienone is 1. The average Bonchev–Trinajstić information content (AvgIpc) is 3.51. The zero-order valence-corrected chi connectivity index (χ0v) is 28.9. The highest BCUT2D eigenvalue weighted by atomic mass is 14.7. The summed E-state index contributed by atoms with van der Waals surface area (Å²) in [6, 6.07) is 48.6. The second-order valence-electron chi connectivity index (χ2n) is 14.3. The Hall–Kier alpha value is -5.60. The van der Waals surface area contributed by atoms with Gasteiger partial charge in [0.1, 0.15) is 0 Å². The summed E-state index contributed by atoms with van der Waals surface area (Å²) < 4.78 is 0. The maximum Gasteiger partial charge on any atom is 0.0716 e. The lowest BCUT2D eigenvalue weighted by atomic mass is 9.81. The molecule has 0 heterocycles. The van der Waals surface area contributed by atoms with Crippen LogP contribution in [0.4, 0.5) is 0 Å². The Morgan fingerprint density at radius 2 is 0.898 bits per heavy atom. The number of benzene rings is 6. The van der Waals surface area contributed by atoms with Crippen molar-refractivity contribution in [1.82, 2.24) is 0 Å². The Morgan fingerprint density at radius 1 is 0.490 bits per heavy atom. The molecule has 0 saturated carbocycles. The first-order chi connectivity index (χ1) is 23.7. The molecule has 8 rings (SSSR count). The minimum Gasteiger partial charge on any atom is -0.288 e. The van der Waals surface area contributed by atoms with E-state index in [0.717, 1.165) is 22.5 Å². The molecule has 0 radical (unpaired) electrons. The van der Waals surface area contributed by atoms with Crippen LogP contribution in [-0.4, -0.2) is 19.5 Å². The van der Waals surface area contributed by atoms with Gasteiger partial charge in [-0.25, -0.2) is 0 Å². The van der Waals surface area contributed by atoms with Crippen molar-refractivity contribution in [2.45, 2.75) is 38.5 Å². The highest BCUT2D eigenvalue weighted by Gasteiger charge is 2.36. The summed E-state index contributed by atoms with van der Waals surface area (Å²) in [4.78, 5) is 9.07. The molecule has 0 bridgehead atoms. The minimum absolute atomic E-state index is 0.0222. The number of nitrogens with zero attached hydrogens (tertiary/aromatic N) is 2. The molecule has 0 atom stereocenters. The quantitative estimate of drug-likeness (QED) is 0.163. The molecule has 0 saturated heterocycles. The third-order valence-electron chi connectivity index (χ3n) is 10.9. The fourth-order valence-corrected chi connectivity index (χ4v) is 8.06. The van der Waals surface area contributed by atoms with E-state index >= 15 is 0 Å². The van der Waals surface area contributed by atoms with E-state index < -0.39 is 0 Å². The highest BCUT2D eigenvalue weighted by Crippen LogP contribution is 2.50. The number of hydrogen-bond acceptors (Lipinski definition) is 2. The summed E-state index contributed by atoms with van der Waals surface area (Å²) in [7, 11) is 1.83. The van der Waals surface area contributed by atoms with Gasteiger partial charge in [-0.2, -0.15) is 0 Å². The highest BCUT2D eigenvalue weighted by molar-refractivity contribution is 6.12. The number of aliphatic imine (C=N–C) groups is 2. The van der Waals surface area contributed by atoms with Crippen LogP contribution in [0.3, 0.4) is 0 Å². The van der Waals surface area contributed by atoms with Crippen LogP contribution in [0, 0.1) is 0 Å². The van der Waals surface area contributed by atoms with Crippen LogP contribution in [-0.2, 0) is 10.8 Å². The van der Waals surface area contributed by atoms with E-state index in [9.17, 15) is 0 Å². The molecular weight excluding hydrogens is 593 g/mol. The summed E-state index contributed by atoms with van der Waals surface area (Å²) in [6.45, 7) is 13.2. The minimum atomic E-state index is -0.0245. The van der Waals surface area contributed by atoms with Crippen LogP contribution < -0.4 is 0 Å². The van der Waals surface area contributed by atoms with Crippen LogP contribution in [0.25, 0.3) is 50.2 Å². The fraction of sp³-hybridized carbons (Fsp3) is 0.149. The Labute approximate surface area is 290 Å². The average molecular weight is 633 g/mol. The van der Waals surface area contributed by atoms with E-state index in [1.165, 1.54) is 66.8 Å². The monoisotopic (exact) mass is 632 g/mol. The van der Waals surface area contributed by atoms with Crippen LogP contribution in [0.5, 0.6) is 0 Å².